The molecule has 3 nitrogen and oxygen atoms in total. The van der Waals surface area contributed by atoms with Crippen LogP contribution in [0.3, 0.4) is 0 Å². The van der Waals surface area contributed by atoms with E-state index in [1.165, 1.54) is 5.69 Å². The van der Waals surface area contributed by atoms with Crippen LogP contribution in [-0.2, 0) is 11.8 Å². The van der Waals surface area contributed by atoms with Gasteiger partial charge in [0.05, 0.1) is 6.21 Å². The minimum Gasteiger partial charge on any atom is -0.372 e. The molecule has 0 spiro atoms. The normalized spacial score (nSPS) is 11.5. The van der Waals surface area contributed by atoms with Gasteiger partial charge in [0, 0.05) is 29.4 Å². The van der Waals surface area contributed by atoms with Crippen LogP contribution in [0.25, 0.3) is 0 Å². The second kappa shape index (κ2) is 9.68. The van der Waals surface area contributed by atoms with Gasteiger partial charge in [0.15, 0.2) is 0 Å². The Morgan fingerprint density at radius 1 is 0.821 bits per heavy atom. The van der Waals surface area contributed by atoms with Crippen molar-refractivity contribution in [3.05, 3.63) is 90.5 Å². The molecule has 3 aromatic carbocycles. The van der Waals surface area contributed by atoms with Crippen LogP contribution in [-0.4, -0.2) is 19.3 Å². The second-order valence-electron chi connectivity index (χ2n) is 6.40. The van der Waals surface area contributed by atoms with E-state index in [0.717, 1.165) is 29.3 Å². The van der Waals surface area contributed by atoms with E-state index in [1.807, 2.05) is 42.6 Å². The van der Waals surface area contributed by atoms with E-state index >= 15 is 0 Å². The van der Waals surface area contributed by atoms with E-state index in [1.54, 1.807) is 0 Å². The number of nitrogens with zero attached hydrogens (tertiary/aromatic N) is 2. The standard InChI is InChI=1S/C23H26N3PS/c1-3-26(4-2)21-17-15-20(16-18-21)19-24-25-27(28,22-11-7-5-8-12-22)23-13-9-6-10-14-23/h5-19H,3-4H2,1-2H3,(H,25,28)/b24-19+. The number of hydrazone groups is 1. The summed E-state index contributed by atoms with van der Waals surface area (Å²) in [5, 5.41) is 10.1. The maximum absolute atomic E-state index is 6.12. The molecule has 0 saturated heterocycles. The SMILES string of the molecule is CCN(CC)c1ccc(/C=N/NP(=S)(c2ccccc2)c2ccccc2)cc1. The average molecular weight is 408 g/mol. The van der Waals surface area contributed by atoms with Crippen LogP contribution in [0.4, 0.5) is 5.69 Å². The summed E-state index contributed by atoms with van der Waals surface area (Å²) >= 11 is 6.12. The predicted octanol–water partition coefficient (Wildman–Crippen LogP) is 4.50. The van der Waals surface area contributed by atoms with Gasteiger partial charge in [-0.05, 0) is 31.5 Å². The summed E-state index contributed by atoms with van der Waals surface area (Å²) in [6.45, 7) is 6.34. The van der Waals surface area contributed by atoms with Crippen LogP contribution in [0.2, 0.25) is 0 Å². The zero-order valence-electron chi connectivity index (χ0n) is 16.3. The van der Waals surface area contributed by atoms with E-state index in [0.29, 0.717) is 0 Å². The maximum Gasteiger partial charge on any atom is 0.106 e. The van der Waals surface area contributed by atoms with Crippen molar-refractivity contribution in [1.29, 1.82) is 0 Å². The molecular weight excluding hydrogens is 381 g/mol. The molecule has 3 aromatic rings. The fourth-order valence-electron chi connectivity index (χ4n) is 3.09. The van der Waals surface area contributed by atoms with Crippen LogP contribution < -0.4 is 20.7 Å². The Balaban J connectivity index is 1.82. The van der Waals surface area contributed by atoms with Crippen molar-refractivity contribution in [2.45, 2.75) is 13.8 Å². The molecule has 0 aromatic heterocycles. The topological polar surface area (TPSA) is 27.6 Å². The molecule has 0 fully saturated rings. The van der Waals surface area contributed by atoms with Gasteiger partial charge in [0.1, 0.15) is 6.19 Å². The van der Waals surface area contributed by atoms with Crippen molar-refractivity contribution >= 4 is 40.5 Å². The van der Waals surface area contributed by atoms with Gasteiger partial charge in [-0.1, -0.05) is 84.6 Å². The lowest BCUT2D eigenvalue weighted by Gasteiger charge is -2.22. The van der Waals surface area contributed by atoms with Gasteiger partial charge >= 0.3 is 0 Å². The molecule has 0 unspecified atom stereocenters. The summed E-state index contributed by atoms with van der Waals surface area (Å²) in [5.41, 5.74) is 2.28. The lowest BCUT2D eigenvalue weighted by Crippen LogP contribution is -2.24. The van der Waals surface area contributed by atoms with Gasteiger partial charge < -0.3 is 4.90 Å². The molecule has 144 valence electrons. The van der Waals surface area contributed by atoms with Crippen molar-refractivity contribution in [2.75, 3.05) is 18.0 Å². The summed E-state index contributed by atoms with van der Waals surface area (Å²) in [6.07, 6.45) is -0.373. The second-order valence-corrected chi connectivity index (χ2v) is 10.5. The van der Waals surface area contributed by atoms with Gasteiger partial charge in [0.2, 0.25) is 0 Å². The molecule has 3 rings (SSSR count). The summed E-state index contributed by atoms with van der Waals surface area (Å²) < 4.78 is 0. The van der Waals surface area contributed by atoms with E-state index in [4.69, 9.17) is 11.8 Å². The van der Waals surface area contributed by atoms with Crippen molar-refractivity contribution in [3.8, 4) is 0 Å². The van der Waals surface area contributed by atoms with Gasteiger partial charge in [-0.15, -0.1) is 0 Å². The third-order valence-corrected chi connectivity index (χ3v) is 8.63. The highest BCUT2D eigenvalue weighted by atomic mass is 32.4. The number of rotatable bonds is 8. The highest BCUT2D eigenvalue weighted by Crippen LogP contribution is 2.38. The minimum atomic E-state index is -2.22. The van der Waals surface area contributed by atoms with Crippen molar-refractivity contribution in [2.24, 2.45) is 5.10 Å². The number of hydrogen-bond acceptors (Lipinski definition) is 3. The Labute approximate surface area is 173 Å². The van der Waals surface area contributed by atoms with Crippen LogP contribution >= 0.6 is 6.19 Å². The Bertz CT molecular complexity index is 893. The molecule has 0 radical (unpaired) electrons. The summed E-state index contributed by atoms with van der Waals surface area (Å²) in [5.74, 6) is 0. The zero-order chi connectivity index (χ0) is 19.8. The first-order valence-corrected chi connectivity index (χ1v) is 12.3. The third kappa shape index (κ3) is 4.70. The van der Waals surface area contributed by atoms with E-state index in [-0.39, 0.29) is 0 Å². The predicted molar refractivity (Wildman–Crippen MR) is 127 cm³/mol. The van der Waals surface area contributed by atoms with Crippen LogP contribution in [0.1, 0.15) is 19.4 Å². The first-order valence-electron chi connectivity index (χ1n) is 9.54. The molecule has 0 atom stereocenters. The molecule has 28 heavy (non-hydrogen) atoms. The van der Waals surface area contributed by atoms with Crippen molar-refractivity contribution in [1.82, 2.24) is 5.20 Å². The van der Waals surface area contributed by atoms with Gasteiger partial charge in [0.25, 0.3) is 0 Å². The molecule has 0 saturated carbocycles. The van der Waals surface area contributed by atoms with Crippen LogP contribution in [0.5, 0.6) is 0 Å². The summed E-state index contributed by atoms with van der Waals surface area (Å²) in [6, 6.07) is 28.9. The lowest BCUT2D eigenvalue weighted by atomic mass is 10.2. The highest BCUT2D eigenvalue weighted by Gasteiger charge is 2.21. The fourth-order valence-corrected chi connectivity index (χ4v) is 5.89. The molecule has 0 aliphatic carbocycles. The van der Waals surface area contributed by atoms with E-state index in [2.05, 4.69) is 77.6 Å². The highest BCUT2D eigenvalue weighted by molar-refractivity contribution is 8.20. The molecular formula is C23H26N3PS. The van der Waals surface area contributed by atoms with Gasteiger partial charge in [-0.2, -0.15) is 5.10 Å². The Morgan fingerprint density at radius 3 is 1.79 bits per heavy atom. The Kier molecular flexibility index (Phi) is 7.02. The van der Waals surface area contributed by atoms with Crippen molar-refractivity contribution < 1.29 is 0 Å². The molecule has 0 heterocycles. The van der Waals surface area contributed by atoms with Crippen LogP contribution in [0.15, 0.2) is 90.0 Å². The number of benzene rings is 3. The maximum atomic E-state index is 6.12. The summed E-state index contributed by atoms with van der Waals surface area (Å²) in [7, 11) is 0. The number of hydrogen-bond donors (Lipinski definition) is 1. The number of nitrogens with one attached hydrogen (secondary N) is 1. The average Bonchev–Trinajstić information content (AvgIpc) is 2.77. The van der Waals surface area contributed by atoms with Gasteiger partial charge in [-0.3, -0.25) is 5.20 Å². The first-order chi connectivity index (χ1) is 13.7. The smallest absolute Gasteiger partial charge is 0.106 e. The minimum absolute atomic E-state index is 1.00. The molecule has 1 N–H and O–H groups in total. The quantitative estimate of drug-likeness (QED) is 0.338. The van der Waals surface area contributed by atoms with E-state index in [9.17, 15) is 0 Å². The molecule has 5 heteroatoms. The van der Waals surface area contributed by atoms with E-state index < -0.39 is 6.19 Å². The molecule has 0 aliphatic heterocycles. The van der Waals surface area contributed by atoms with Crippen LogP contribution in [0, 0.1) is 0 Å². The Hall–Kier alpha value is -2.42. The monoisotopic (exact) mass is 407 g/mol. The lowest BCUT2D eigenvalue weighted by molar-refractivity contribution is 0.866. The zero-order valence-corrected chi connectivity index (χ0v) is 18.0. The fraction of sp³-hybridized carbons (Fsp3) is 0.174. The molecule has 0 bridgehead atoms. The number of anilines is 1. The Morgan fingerprint density at radius 2 is 1.32 bits per heavy atom. The summed E-state index contributed by atoms with van der Waals surface area (Å²) in [4.78, 5) is 2.32. The largest absolute Gasteiger partial charge is 0.372 e. The molecule has 0 amide bonds. The van der Waals surface area contributed by atoms with Gasteiger partial charge in [-0.25, -0.2) is 0 Å². The first kappa shape index (κ1) is 20.3. The third-order valence-electron chi connectivity index (χ3n) is 4.67. The van der Waals surface area contributed by atoms with Crippen molar-refractivity contribution in [3.63, 3.8) is 0 Å². The molecule has 0 aliphatic rings.